The topological polar surface area (TPSA) is 70.4 Å². The molecular formula is C19H22N4O2S. The summed E-state index contributed by atoms with van der Waals surface area (Å²) in [5.74, 6) is 0.816. The SMILES string of the molecule is CCCN1C(=S)NC(c2ccccc2)C(C(=O)Nc2cc(C)on2)=C1C. The zero-order chi connectivity index (χ0) is 18.7. The van der Waals surface area contributed by atoms with Gasteiger partial charge in [0, 0.05) is 18.3 Å². The number of anilines is 1. The summed E-state index contributed by atoms with van der Waals surface area (Å²) in [5.41, 5.74) is 2.45. The highest BCUT2D eigenvalue weighted by Gasteiger charge is 2.33. The standard InChI is InChI=1S/C19H22N4O2S/c1-4-10-23-13(3)16(18(24)20-15-11-12(2)25-22-15)17(21-19(23)26)14-8-6-5-7-9-14/h5-9,11,17H,4,10H2,1-3H3,(H,21,26)(H,20,22,24). The monoisotopic (exact) mass is 370 g/mol. The van der Waals surface area contributed by atoms with E-state index < -0.39 is 0 Å². The molecule has 1 aromatic carbocycles. The molecule has 2 aromatic rings. The van der Waals surface area contributed by atoms with E-state index in [4.69, 9.17) is 16.7 Å². The van der Waals surface area contributed by atoms with Crippen LogP contribution in [-0.4, -0.2) is 27.6 Å². The van der Waals surface area contributed by atoms with Gasteiger partial charge in [-0.15, -0.1) is 0 Å². The number of hydrogen-bond donors (Lipinski definition) is 2. The molecule has 7 heteroatoms. The molecule has 26 heavy (non-hydrogen) atoms. The van der Waals surface area contributed by atoms with Gasteiger partial charge < -0.3 is 20.1 Å². The molecule has 1 amide bonds. The average Bonchev–Trinajstić information content (AvgIpc) is 3.03. The summed E-state index contributed by atoms with van der Waals surface area (Å²) in [5, 5.41) is 10.6. The van der Waals surface area contributed by atoms with Gasteiger partial charge in [0.25, 0.3) is 5.91 Å². The zero-order valence-electron chi connectivity index (χ0n) is 15.1. The number of aromatic nitrogens is 1. The van der Waals surface area contributed by atoms with Gasteiger partial charge in [-0.25, -0.2) is 0 Å². The lowest BCUT2D eigenvalue weighted by Crippen LogP contribution is -2.48. The van der Waals surface area contributed by atoms with Crippen molar-refractivity contribution in [1.82, 2.24) is 15.4 Å². The van der Waals surface area contributed by atoms with E-state index in [1.165, 1.54) is 0 Å². The molecule has 3 rings (SSSR count). The van der Waals surface area contributed by atoms with Crippen molar-refractivity contribution in [3.63, 3.8) is 0 Å². The van der Waals surface area contributed by atoms with Crippen LogP contribution in [0.5, 0.6) is 0 Å². The van der Waals surface area contributed by atoms with Gasteiger partial charge in [0.05, 0.1) is 11.6 Å². The highest BCUT2D eigenvalue weighted by Crippen LogP contribution is 2.31. The lowest BCUT2D eigenvalue weighted by Gasteiger charge is -2.37. The molecule has 0 saturated heterocycles. The van der Waals surface area contributed by atoms with Crippen LogP contribution in [0.25, 0.3) is 0 Å². The molecule has 0 fully saturated rings. The van der Waals surface area contributed by atoms with Gasteiger partial charge in [-0.3, -0.25) is 4.79 Å². The van der Waals surface area contributed by atoms with Gasteiger partial charge in [0.1, 0.15) is 5.76 Å². The lowest BCUT2D eigenvalue weighted by atomic mass is 9.94. The fraction of sp³-hybridized carbons (Fsp3) is 0.316. The second kappa shape index (κ2) is 7.70. The summed E-state index contributed by atoms with van der Waals surface area (Å²) < 4.78 is 5.04. The first-order valence-corrected chi connectivity index (χ1v) is 9.00. The minimum atomic E-state index is -0.315. The van der Waals surface area contributed by atoms with Crippen molar-refractivity contribution in [2.75, 3.05) is 11.9 Å². The van der Waals surface area contributed by atoms with E-state index in [9.17, 15) is 4.79 Å². The molecular weight excluding hydrogens is 348 g/mol. The third-order valence-electron chi connectivity index (χ3n) is 4.29. The van der Waals surface area contributed by atoms with Gasteiger partial charge in [-0.2, -0.15) is 0 Å². The third kappa shape index (κ3) is 3.62. The number of aryl methyl sites for hydroxylation is 1. The summed E-state index contributed by atoms with van der Waals surface area (Å²) in [6.45, 7) is 6.54. The molecule has 1 unspecified atom stereocenters. The van der Waals surface area contributed by atoms with Crippen LogP contribution in [0.3, 0.4) is 0 Å². The fourth-order valence-corrected chi connectivity index (χ4v) is 3.42. The second-order valence-electron chi connectivity index (χ2n) is 6.22. The van der Waals surface area contributed by atoms with Crippen molar-refractivity contribution in [2.45, 2.75) is 33.2 Å². The van der Waals surface area contributed by atoms with E-state index in [0.29, 0.717) is 22.3 Å². The van der Waals surface area contributed by atoms with E-state index >= 15 is 0 Å². The summed E-state index contributed by atoms with van der Waals surface area (Å²) in [6, 6.07) is 11.2. The number of carbonyl (C=O) groups excluding carboxylic acids is 1. The highest BCUT2D eigenvalue weighted by atomic mass is 32.1. The Labute approximate surface area is 158 Å². The Morgan fingerprint density at radius 1 is 1.35 bits per heavy atom. The number of hydrogen-bond acceptors (Lipinski definition) is 4. The molecule has 0 bridgehead atoms. The Hall–Kier alpha value is -2.67. The molecule has 0 aliphatic carbocycles. The van der Waals surface area contributed by atoms with Gasteiger partial charge in [0.2, 0.25) is 0 Å². The molecule has 6 nitrogen and oxygen atoms in total. The van der Waals surface area contributed by atoms with E-state index in [1.54, 1.807) is 13.0 Å². The summed E-state index contributed by atoms with van der Waals surface area (Å²) in [6.07, 6.45) is 0.923. The first-order valence-electron chi connectivity index (χ1n) is 8.59. The maximum absolute atomic E-state index is 13.1. The number of nitrogens with one attached hydrogen (secondary N) is 2. The van der Waals surface area contributed by atoms with E-state index in [0.717, 1.165) is 24.2 Å². The van der Waals surface area contributed by atoms with E-state index in [-0.39, 0.29) is 11.9 Å². The second-order valence-corrected chi connectivity index (χ2v) is 6.61. The lowest BCUT2D eigenvalue weighted by molar-refractivity contribution is -0.113. The molecule has 0 saturated carbocycles. The summed E-state index contributed by atoms with van der Waals surface area (Å²) in [7, 11) is 0. The molecule has 1 aliphatic rings. The van der Waals surface area contributed by atoms with Crippen LogP contribution < -0.4 is 10.6 Å². The third-order valence-corrected chi connectivity index (χ3v) is 4.63. The number of amides is 1. The van der Waals surface area contributed by atoms with Crippen LogP contribution in [0.1, 0.15) is 37.6 Å². The predicted octanol–water partition coefficient (Wildman–Crippen LogP) is 3.54. The normalized spacial score (nSPS) is 17.3. The van der Waals surface area contributed by atoms with Crippen molar-refractivity contribution in [1.29, 1.82) is 0 Å². The number of carbonyl (C=O) groups is 1. The smallest absolute Gasteiger partial charge is 0.257 e. The van der Waals surface area contributed by atoms with Crippen molar-refractivity contribution < 1.29 is 9.32 Å². The van der Waals surface area contributed by atoms with Crippen LogP contribution in [-0.2, 0) is 4.79 Å². The Morgan fingerprint density at radius 3 is 2.69 bits per heavy atom. The molecule has 2 N–H and O–H groups in total. The van der Waals surface area contributed by atoms with Crippen LogP contribution in [0.4, 0.5) is 5.82 Å². The molecule has 136 valence electrons. The Balaban J connectivity index is 2.00. The van der Waals surface area contributed by atoms with Crippen molar-refractivity contribution in [2.24, 2.45) is 0 Å². The van der Waals surface area contributed by atoms with Crippen molar-refractivity contribution in [3.05, 3.63) is 59.0 Å². The van der Waals surface area contributed by atoms with E-state index in [2.05, 4.69) is 22.7 Å². The number of rotatable bonds is 5. The van der Waals surface area contributed by atoms with Crippen molar-refractivity contribution in [3.8, 4) is 0 Å². The largest absolute Gasteiger partial charge is 0.360 e. The van der Waals surface area contributed by atoms with Crippen LogP contribution in [0.15, 0.2) is 52.2 Å². The van der Waals surface area contributed by atoms with Gasteiger partial charge >= 0.3 is 0 Å². The quantitative estimate of drug-likeness (QED) is 0.785. The van der Waals surface area contributed by atoms with Gasteiger partial charge in [0.15, 0.2) is 10.9 Å². The Bertz CT molecular complexity index is 844. The molecule has 1 aliphatic heterocycles. The summed E-state index contributed by atoms with van der Waals surface area (Å²) >= 11 is 5.54. The number of benzene rings is 1. The number of allylic oxidation sites excluding steroid dienone is 1. The molecule has 1 atom stereocenters. The molecule has 0 spiro atoms. The first kappa shape index (κ1) is 18.1. The number of thiocarbonyl (C=S) groups is 1. The van der Waals surface area contributed by atoms with Crippen molar-refractivity contribution >= 4 is 29.1 Å². The fourth-order valence-electron chi connectivity index (χ4n) is 3.07. The predicted molar refractivity (Wildman–Crippen MR) is 104 cm³/mol. The highest BCUT2D eigenvalue weighted by molar-refractivity contribution is 7.80. The molecule has 0 radical (unpaired) electrons. The Morgan fingerprint density at radius 2 is 2.08 bits per heavy atom. The maximum Gasteiger partial charge on any atom is 0.257 e. The summed E-state index contributed by atoms with van der Waals surface area (Å²) in [4.78, 5) is 15.0. The maximum atomic E-state index is 13.1. The number of nitrogens with zero attached hydrogens (tertiary/aromatic N) is 2. The van der Waals surface area contributed by atoms with Crippen LogP contribution in [0.2, 0.25) is 0 Å². The average molecular weight is 370 g/mol. The molecule has 2 heterocycles. The van der Waals surface area contributed by atoms with Crippen LogP contribution in [0, 0.1) is 6.92 Å². The van der Waals surface area contributed by atoms with Crippen LogP contribution >= 0.6 is 12.2 Å². The minimum absolute atomic E-state index is 0.222. The first-order chi connectivity index (χ1) is 12.5. The minimum Gasteiger partial charge on any atom is -0.360 e. The van der Waals surface area contributed by atoms with Gasteiger partial charge in [-0.1, -0.05) is 42.4 Å². The Kier molecular flexibility index (Phi) is 5.37. The van der Waals surface area contributed by atoms with Gasteiger partial charge in [-0.05, 0) is 38.0 Å². The zero-order valence-corrected chi connectivity index (χ0v) is 15.9. The molecule has 1 aromatic heterocycles. The van der Waals surface area contributed by atoms with E-state index in [1.807, 2.05) is 42.2 Å².